The molecule has 0 radical (unpaired) electrons. The highest BCUT2D eigenvalue weighted by Crippen LogP contribution is 2.32. The van der Waals surface area contributed by atoms with Crippen LogP contribution in [0.25, 0.3) is 0 Å². The van der Waals surface area contributed by atoms with Gasteiger partial charge in [-0.2, -0.15) is 0 Å². The third-order valence-corrected chi connectivity index (χ3v) is 6.15. The molecule has 8 nitrogen and oxygen atoms in total. The van der Waals surface area contributed by atoms with Crippen LogP contribution in [0, 0.1) is 0 Å². The van der Waals surface area contributed by atoms with Crippen LogP contribution in [0.4, 0.5) is 0 Å². The number of carbonyl (C=O) groups is 2. The number of nitrogens with zero attached hydrogens (tertiary/aromatic N) is 1. The second-order valence-corrected chi connectivity index (χ2v) is 8.22. The molecular formula is C21H25N3O5S. The van der Waals surface area contributed by atoms with Crippen molar-refractivity contribution in [2.24, 2.45) is 0 Å². The highest BCUT2D eigenvalue weighted by molar-refractivity contribution is 7.10. The number of ether oxygens (including phenoxy) is 3. The summed E-state index contributed by atoms with van der Waals surface area (Å²) in [4.78, 5) is 28.3. The number of benzene rings is 1. The minimum Gasteiger partial charge on any atom is -0.454 e. The zero-order valence-electron chi connectivity index (χ0n) is 16.8. The number of thiophene rings is 1. The molecule has 2 aliphatic heterocycles. The summed E-state index contributed by atoms with van der Waals surface area (Å²) in [5, 5.41) is 7.57. The van der Waals surface area contributed by atoms with Crippen molar-refractivity contribution >= 4 is 23.2 Å². The van der Waals surface area contributed by atoms with Gasteiger partial charge in [-0.1, -0.05) is 12.1 Å². The fraction of sp³-hybridized carbons (Fsp3) is 0.429. The Hall–Kier alpha value is -2.62. The highest BCUT2D eigenvalue weighted by Gasteiger charge is 2.30. The van der Waals surface area contributed by atoms with E-state index in [4.69, 9.17) is 14.2 Å². The van der Waals surface area contributed by atoms with Crippen LogP contribution in [0.2, 0.25) is 0 Å². The normalized spacial score (nSPS) is 17.9. The molecule has 2 aromatic rings. The fourth-order valence-electron chi connectivity index (χ4n) is 3.72. The first-order valence-electron chi connectivity index (χ1n) is 9.94. The van der Waals surface area contributed by atoms with Gasteiger partial charge in [-0.05, 0) is 36.1 Å². The summed E-state index contributed by atoms with van der Waals surface area (Å²) in [5.41, 5.74) is 0.832. The molecule has 1 fully saturated rings. The number of morpholine rings is 1. The van der Waals surface area contributed by atoms with E-state index in [-0.39, 0.29) is 25.4 Å². The summed E-state index contributed by atoms with van der Waals surface area (Å²) in [7, 11) is 0. The Kier molecular flexibility index (Phi) is 6.51. The number of rotatable bonds is 6. The molecule has 2 aliphatic rings. The van der Waals surface area contributed by atoms with Gasteiger partial charge in [-0.15, -0.1) is 11.3 Å². The molecule has 1 aromatic carbocycles. The number of hydrogen-bond acceptors (Lipinski definition) is 7. The molecule has 2 N–H and O–H groups in total. The molecule has 4 rings (SSSR count). The lowest BCUT2D eigenvalue weighted by molar-refractivity contribution is -0.140. The van der Waals surface area contributed by atoms with Gasteiger partial charge in [0.05, 0.1) is 19.3 Å². The van der Waals surface area contributed by atoms with E-state index in [1.54, 1.807) is 23.5 Å². The van der Waals surface area contributed by atoms with Crippen molar-refractivity contribution in [2.75, 3.05) is 33.1 Å². The summed E-state index contributed by atoms with van der Waals surface area (Å²) in [5.74, 6) is 0.0213. The lowest BCUT2D eigenvalue weighted by atomic mass is 10.1. The van der Waals surface area contributed by atoms with Gasteiger partial charge in [0.2, 0.25) is 6.79 Å². The molecule has 1 saturated heterocycles. The number of carbonyl (C=O) groups excluding carboxylic acids is 2. The highest BCUT2D eigenvalue weighted by atomic mass is 32.1. The van der Waals surface area contributed by atoms with Gasteiger partial charge in [0.15, 0.2) is 11.5 Å². The molecule has 0 aliphatic carbocycles. The van der Waals surface area contributed by atoms with E-state index in [9.17, 15) is 9.59 Å². The number of fused-ring (bicyclic) bond motifs is 1. The minimum atomic E-state index is -0.661. The van der Waals surface area contributed by atoms with E-state index in [0.717, 1.165) is 23.5 Å². The van der Waals surface area contributed by atoms with E-state index >= 15 is 0 Å². The summed E-state index contributed by atoms with van der Waals surface area (Å²) < 4.78 is 16.1. The van der Waals surface area contributed by atoms with E-state index in [0.29, 0.717) is 24.7 Å². The van der Waals surface area contributed by atoms with Gasteiger partial charge >= 0.3 is 11.8 Å². The smallest absolute Gasteiger partial charge is 0.309 e. The summed E-state index contributed by atoms with van der Waals surface area (Å²) in [6, 6.07) is 9.26. The van der Waals surface area contributed by atoms with Crippen molar-refractivity contribution in [3.63, 3.8) is 0 Å². The molecule has 1 aromatic heterocycles. The largest absolute Gasteiger partial charge is 0.454 e. The topological polar surface area (TPSA) is 89.1 Å². The molecule has 0 bridgehead atoms. The van der Waals surface area contributed by atoms with Gasteiger partial charge in [0.1, 0.15) is 0 Å². The molecule has 3 heterocycles. The molecule has 0 spiro atoms. The maximum Gasteiger partial charge on any atom is 0.309 e. The number of nitrogens with one attached hydrogen (secondary N) is 2. The zero-order chi connectivity index (χ0) is 20.9. The molecule has 30 heavy (non-hydrogen) atoms. The second-order valence-electron chi connectivity index (χ2n) is 7.24. The van der Waals surface area contributed by atoms with Crippen molar-refractivity contribution in [1.82, 2.24) is 15.5 Å². The van der Waals surface area contributed by atoms with E-state index in [1.165, 1.54) is 0 Å². The Labute approximate surface area is 179 Å². The average Bonchev–Trinajstić information content (AvgIpc) is 3.44. The van der Waals surface area contributed by atoms with Gasteiger partial charge in [0.25, 0.3) is 0 Å². The molecular weight excluding hydrogens is 406 g/mol. The Morgan fingerprint density at radius 3 is 2.70 bits per heavy atom. The Morgan fingerprint density at radius 1 is 1.13 bits per heavy atom. The van der Waals surface area contributed by atoms with Crippen LogP contribution in [0.1, 0.15) is 23.4 Å². The van der Waals surface area contributed by atoms with Gasteiger partial charge in [0, 0.05) is 30.6 Å². The molecule has 2 amide bonds. The van der Waals surface area contributed by atoms with Crippen LogP contribution in [0.3, 0.4) is 0 Å². The zero-order valence-corrected chi connectivity index (χ0v) is 17.6. The molecule has 160 valence electrons. The number of amides is 2. The fourth-order valence-corrected chi connectivity index (χ4v) is 4.69. The first kappa shape index (κ1) is 20.6. The van der Waals surface area contributed by atoms with Crippen LogP contribution in [-0.2, 0) is 20.9 Å². The molecule has 9 heteroatoms. The monoisotopic (exact) mass is 431 g/mol. The third kappa shape index (κ3) is 4.75. The summed E-state index contributed by atoms with van der Waals surface area (Å²) in [6.07, 6.45) is 0. The van der Waals surface area contributed by atoms with Crippen molar-refractivity contribution < 1.29 is 23.8 Å². The average molecular weight is 432 g/mol. The predicted molar refractivity (Wildman–Crippen MR) is 111 cm³/mol. The quantitative estimate of drug-likeness (QED) is 0.677. The maximum absolute atomic E-state index is 12.5. The van der Waals surface area contributed by atoms with E-state index in [1.807, 2.05) is 24.4 Å². The minimum absolute atomic E-state index is 0.000454. The Bertz CT molecular complexity index is 883. The van der Waals surface area contributed by atoms with Crippen molar-refractivity contribution in [2.45, 2.75) is 25.6 Å². The van der Waals surface area contributed by atoms with E-state index < -0.39 is 11.8 Å². The van der Waals surface area contributed by atoms with Crippen molar-refractivity contribution in [3.05, 3.63) is 46.2 Å². The lowest BCUT2D eigenvalue weighted by Crippen LogP contribution is -2.51. The van der Waals surface area contributed by atoms with E-state index in [2.05, 4.69) is 21.6 Å². The SMILES string of the molecule is C[C@H](NC(=O)C(=O)NCc1ccc2c(c1)OCO2)[C@@H](c1cccs1)N1CCOCC1. The molecule has 2 atom stereocenters. The summed E-state index contributed by atoms with van der Waals surface area (Å²) in [6.45, 7) is 5.27. The van der Waals surface area contributed by atoms with Gasteiger partial charge in [-0.25, -0.2) is 0 Å². The summed E-state index contributed by atoms with van der Waals surface area (Å²) >= 11 is 1.65. The molecule has 0 unspecified atom stereocenters. The first-order valence-corrected chi connectivity index (χ1v) is 10.8. The van der Waals surface area contributed by atoms with Gasteiger partial charge in [-0.3, -0.25) is 14.5 Å². The van der Waals surface area contributed by atoms with Crippen LogP contribution < -0.4 is 20.1 Å². The van der Waals surface area contributed by atoms with Gasteiger partial charge < -0.3 is 24.8 Å². The van der Waals surface area contributed by atoms with Crippen molar-refractivity contribution in [1.29, 1.82) is 0 Å². The Balaban J connectivity index is 1.34. The standard InChI is InChI=1S/C21H25N3O5S/c1-14(19(18-3-2-10-30-18)24-6-8-27-9-7-24)23-21(26)20(25)22-12-15-4-5-16-17(11-15)29-13-28-16/h2-5,10-11,14,19H,6-9,12-13H2,1H3,(H,22,25)(H,23,26)/t14-,19-/m0/s1. The van der Waals surface area contributed by atoms with Crippen LogP contribution in [0.5, 0.6) is 11.5 Å². The number of hydrogen-bond donors (Lipinski definition) is 2. The molecule has 0 saturated carbocycles. The maximum atomic E-state index is 12.5. The van der Waals surface area contributed by atoms with Crippen molar-refractivity contribution in [3.8, 4) is 11.5 Å². The van der Waals surface area contributed by atoms with Crippen LogP contribution in [0.15, 0.2) is 35.7 Å². The van der Waals surface area contributed by atoms with Crippen LogP contribution in [-0.4, -0.2) is 55.9 Å². The first-order chi connectivity index (χ1) is 14.6. The third-order valence-electron chi connectivity index (χ3n) is 5.20. The van der Waals surface area contributed by atoms with Crippen LogP contribution >= 0.6 is 11.3 Å². The lowest BCUT2D eigenvalue weighted by Gasteiger charge is -2.37. The Morgan fingerprint density at radius 2 is 1.93 bits per heavy atom. The predicted octanol–water partition coefficient (Wildman–Crippen LogP) is 1.67. The second kappa shape index (κ2) is 9.46.